The van der Waals surface area contributed by atoms with Crippen LogP contribution in [0.25, 0.3) is 11.4 Å². The van der Waals surface area contributed by atoms with Crippen molar-refractivity contribution in [3.05, 3.63) is 24.3 Å². The number of sulfonamides is 1. The summed E-state index contributed by atoms with van der Waals surface area (Å²) in [6.45, 7) is 6.47. The van der Waals surface area contributed by atoms with Gasteiger partial charge in [-0.25, -0.2) is 13.1 Å². The second-order valence-electron chi connectivity index (χ2n) is 4.73. The molecule has 126 valence electrons. The highest BCUT2D eigenvalue weighted by atomic mass is 32.2. The van der Waals surface area contributed by atoms with Gasteiger partial charge in [-0.3, -0.25) is 0 Å². The predicted octanol–water partition coefficient (Wildman–Crippen LogP) is 1.80. The van der Waals surface area contributed by atoms with Gasteiger partial charge in [-0.15, -0.1) is 10.2 Å². The fourth-order valence-corrected chi connectivity index (χ4v) is 4.30. The molecule has 0 fully saturated rings. The highest BCUT2D eigenvalue weighted by Gasteiger charge is 2.22. The molecule has 9 heteroatoms. The van der Waals surface area contributed by atoms with Crippen LogP contribution in [0.5, 0.6) is 0 Å². The highest BCUT2D eigenvalue weighted by molar-refractivity contribution is 7.99. The van der Waals surface area contributed by atoms with Gasteiger partial charge >= 0.3 is 0 Å². The summed E-state index contributed by atoms with van der Waals surface area (Å²) in [7, 11) is -3.52. The van der Waals surface area contributed by atoms with Gasteiger partial charge in [-0.2, -0.15) is 4.31 Å². The van der Waals surface area contributed by atoms with Crippen LogP contribution in [0.1, 0.15) is 20.8 Å². The van der Waals surface area contributed by atoms with Crippen molar-refractivity contribution in [2.45, 2.75) is 30.8 Å². The second kappa shape index (κ2) is 7.33. The van der Waals surface area contributed by atoms with E-state index in [0.717, 1.165) is 5.75 Å². The molecule has 0 saturated heterocycles. The molecule has 23 heavy (non-hydrogen) atoms. The van der Waals surface area contributed by atoms with Gasteiger partial charge in [0.05, 0.1) is 4.90 Å². The molecule has 2 N–H and O–H groups in total. The standard InChI is InChI=1S/C14H21N5O2S2/c1-4-18(5-2)23(20,21)12-9-7-8-11(10-12)13-16-17-14(19(13)15)22-6-3/h7-10H,4-6,15H2,1-3H3. The van der Waals surface area contributed by atoms with Gasteiger partial charge < -0.3 is 5.84 Å². The summed E-state index contributed by atoms with van der Waals surface area (Å²) in [5.74, 6) is 7.27. The summed E-state index contributed by atoms with van der Waals surface area (Å²) in [5, 5.41) is 8.70. The fourth-order valence-electron chi connectivity index (χ4n) is 2.21. The first kappa shape index (κ1) is 17.8. The largest absolute Gasteiger partial charge is 0.335 e. The molecule has 0 aliphatic heterocycles. The van der Waals surface area contributed by atoms with E-state index in [9.17, 15) is 8.42 Å². The van der Waals surface area contributed by atoms with Crippen molar-refractivity contribution in [1.29, 1.82) is 0 Å². The van der Waals surface area contributed by atoms with Crippen molar-refractivity contribution >= 4 is 21.8 Å². The molecule has 2 rings (SSSR count). The van der Waals surface area contributed by atoms with Crippen molar-refractivity contribution in [3.8, 4) is 11.4 Å². The minimum atomic E-state index is -3.52. The topological polar surface area (TPSA) is 94.1 Å². The molecule has 0 amide bonds. The van der Waals surface area contributed by atoms with Crippen LogP contribution in [-0.2, 0) is 10.0 Å². The molecule has 0 bridgehead atoms. The summed E-state index contributed by atoms with van der Waals surface area (Å²) in [5.41, 5.74) is 0.621. The Labute approximate surface area is 140 Å². The number of aromatic nitrogens is 3. The third kappa shape index (κ3) is 3.51. The lowest BCUT2D eigenvalue weighted by molar-refractivity contribution is 0.445. The Hall–Kier alpha value is -1.58. The van der Waals surface area contributed by atoms with E-state index in [1.165, 1.54) is 20.7 Å². The molecular formula is C14H21N5O2S2. The lowest BCUT2D eigenvalue weighted by Crippen LogP contribution is -2.30. The van der Waals surface area contributed by atoms with Crippen LogP contribution in [-0.4, -0.2) is 46.4 Å². The molecule has 0 saturated carbocycles. The first-order valence-electron chi connectivity index (χ1n) is 7.39. The minimum absolute atomic E-state index is 0.228. The van der Waals surface area contributed by atoms with Crippen molar-refractivity contribution in [2.75, 3.05) is 24.7 Å². The van der Waals surface area contributed by atoms with E-state index in [2.05, 4.69) is 10.2 Å². The molecular weight excluding hydrogens is 334 g/mol. The Balaban J connectivity index is 2.45. The molecule has 1 aromatic heterocycles. The van der Waals surface area contributed by atoms with Crippen LogP contribution in [0, 0.1) is 0 Å². The van der Waals surface area contributed by atoms with Crippen molar-refractivity contribution in [2.24, 2.45) is 0 Å². The molecule has 0 aliphatic rings. The maximum Gasteiger partial charge on any atom is 0.243 e. The number of rotatable bonds is 7. The van der Waals surface area contributed by atoms with E-state index in [4.69, 9.17) is 5.84 Å². The summed E-state index contributed by atoms with van der Waals surface area (Å²) in [6, 6.07) is 6.62. The maximum absolute atomic E-state index is 12.6. The van der Waals surface area contributed by atoms with Crippen LogP contribution in [0.15, 0.2) is 34.3 Å². The molecule has 0 atom stereocenters. The number of nitrogens with zero attached hydrogens (tertiary/aromatic N) is 4. The molecule has 0 radical (unpaired) electrons. The Morgan fingerprint density at radius 3 is 2.52 bits per heavy atom. The summed E-state index contributed by atoms with van der Waals surface area (Å²) in [6.07, 6.45) is 0. The maximum atomic E-state index is 12.6. The monoisotopic (exact) mass is 355 g/mol. The van der Waals surface area contributed by atoms with Crippen molar-refractivity contribution in [3.63, 3.8) is 0 Å². The predicted molar refractivity (Wildman–Crippen MR) is 92.1 cm³/mol. The van der Waals surface area contributed by atoms with Crippen molar-refractivity contribution in [1.82, 2.24) is 19.2 Å². The smallest absolute Gasteiger partial charge is 0.243 e. The lowest BCUT2D eigenvalue weighted by Gasteiger charge is -2.18. The van der Waals surface area contributed by atoms with Crippen molar-refractivity contribution < 1.29 is 8.42 Å². The van der Waals surface area contributed by atoms with Gasteiger partial charge in [0.1, 0.15) is 0 Å². The summed E-state index contributed by atoms with van der Waals surface area (Å²) >= 11 is 1.48. The Bertz CT molecular complexity index is 769. The molecule has 7 nitrogen and oxygen atoms in total. The van der Waals surface area contributed by atoms with Crippen LogP contribution >= 0.6 is 11.8 Å². The Morgan fingerprint density at radius 2 is 1.91 bits per heavy atom. The number of benzene rings is 1. The van der Waals surface area contributed by atoms with Gasteiger partial charge in [-0.05, 0) is 17.9 Å². The fraction of sp³-hybridized carbons (Fsp3) is 0.429. The molecule has 1 heterocycles. The van der Waals surface area contributed by atoms with Gasteiger partial charge in [0.25, 0.3) is 0 Å². The van der Waals surface area contributed by atoms with Crippen LogP contribution in [0.4, 0.5) is 0 Å². The van der Waals surface area contributed by atoms with E-state index in [-0.39, 0.29) is 4.90 Å². The second-order valence-corrected chi connectivity index (χ2v) is 7.90. The number of hydrogen-bond donors (Lipinski definition) is 1. The zero-order chi connectivity index (χ0) is 17.0. The van der Waals surface area contributed by atoms with E-state index in [1.807, 2.05) is 20.8 Å². The van der Waals surface area contributed by atoms with Gasteiger partial charge in [0.2, 0.25) is 15.2 Å². The van der Waals surface area contributed by atoms with Crippen LogP contribution < -0.4 is 5.84 Å². The SMILES string of the molecule is CCSc1nnc(-c2cccc(S(=O)(=O)N(CC)CC)c2)n1N. The molecule has 0 aliphatic carbocycles. The Kier molecular flexibility index (Phi) is 5.66. The van der Waals surface area contributed by atoms with Crippen LogP contribution in [0.3, 0.4) is 0 Å². The van der Waals surface area contributed by atoms with E-state index in [0.29, 0.717) is 29.6 Å². The normalized spacial score (nSPS) is 12.0. The molecule has 0 spiro atoms. The Morgan fingerprint density at radius 1 is 1.22 bits per heavy atom. The average molecular weight is 355 g/mol. The van der Waals surface area contributed by atoms with E-state index in [1.54, 1.807) is 24.3 Å². The first-order valence-corrected chi connectivity index (χ1v) is 9.82. The third-order valence-corrected chi connectivity index (χ3v) is 6.24. The van der Waals surface area contributed by atoms with Crippen LogP contribution in [0.2, 0.25) is 0 Å². The minimum Gasteiger partial charge on any atom is -0.335 e. The zero-order valence-corrected chi connectivity index (χ0v) is 15.1. The number of thioether (sulfide) groups is 1. The van der Waals surface area contributed by atoms with E-state index < -0.39 is 10.0 Å². The summed E-state index contributed by atoms with van der Waals surface area (Å²) in [4.78, 5) is 0.228. The number of hydrogen-bond acceptors (Lipinski definition) is 6. The summed E-state index contributed by atoms with van der Waals surface area (Å²) < 4.78 is 28.0. The highest BCUT2D eigenvalue weighted by Crippen LogP contribution is 2.25. The molecule has 0 unspecified atom stereocenters. The van der Waals surface area contributed by atoms with E-state index >= 15 is 0 Å². The molecule has 1 aromatic carbocycles. The quantitative estimate of drug-likeness (QED) is 0.601. The first-order chi connectivity index (χ1) is 11.0. The zero-order valence-electron chi connectivity index (χ0n) is 13.4. The van der Waals surface area contributed by atoms with Gasteiger partial charge in [0, 0.05) is 18.7 Å². The number of nitrogen functional groups attached to an aromatic ring is 1. The third-order valence-electron chi connectivity index (χ3n) is 3.37. The van der Waals surface area contributed by atoms with Gasteiger partial charge in [0.15, 0.2) is 5.82 Å². The van der Waals surface area contributed by atoms with Gasteiger partial charge in [-0.1, -0.05) is 44.7 Å². The number of nitrogens with two attached hydrogens (primary N) is 1. The molecule has 2 aromatic rings. The lowest BCUT2D eigenvalue weighted by atomic mass is 10.2. The average Bonchev–Trinajstić information content (AvgIpc) is 2.90.